The maximum absolute atomic E-state index is 5.41. The lowest BCUT2D eigenvalue weighted by Crippen LogP contribution is -2.14. The zero-order valence-electron chi connectivity index (χ0n) is 11.8. The standard InChI is InChI=1S/C17H19NO2/c1-19-16-9-13-11-18-15(14(13)10-17(16)20-2)8-12-6-4-3-5-7-12/h3-7,9-10,15,18H,8,11H2,1-2H3. The molecule has 0 fully saturated rings. The fourth-order valence-electron chi connectivity index (χ4n) is 2.79. The molecule has 3 heteroatoms. The zero-order chi connectivity index (χ0) is 13.9. The molecule has 0 spiro atoms. The number of hydrogen-bond acceptors (Lipinski definition) is 3. The average Bonchev–Trinajstić information content (AvgIpc) is 2.89. The lowest BCUT2D eigenvalue weighted by atomic mass is 9.98. The molecule has 1 N–H and O–H groups in total. The number of methoxy groups -OCH3 is 2. The smallest absolute Gasteiger partial charge is 0.161 e. The molecule has 0 saturated carbocycles. The van der Waals surface area contributed by atoms with E-state index in [9.17, 15) is 0 Å². The van der Waals surface area contributed by atoms with E-state index in [1.165, 1.54) is 16.7 Å². The van der Waals surface area contributed by atoms with Crippen LogP contribution in [0.4, 0.5) is 0 Å². The van der Waals surface area contributed by atoms with Gasteiger partial charge in [0.2, 0.25) is 0 Å². The second-order valence-electron chi connectivity index (χ2n) is 5.03. The van der Waals surface area contributed by atoms with Gasteiger partial charge in [-0.2, -0.15) is 0 Å². The summed E-state index contributed by atoms with van der Waals surface area (Å²) in [5.74, 6) is 1.60. The van der Waals surface area contributed by atoms with Gasteiger partial charge in [0.05, 0.1) is 14.2 Å². The van der Waals surface area contributed by atoms with E-state index in [2.05, 4.69) is 41.7 Å². The van der Waals surface area contributed by atoms with Gasteiger partial charge in [-0.15, -0.1) is 0 Å². The van der Waals surface area contributed by atoms with Crippen LogP contribution in [-0.2, 0) is 13.0 Å². The van der Waals surface area contributed by atoms with Gasteiger partial charge in [0.25, 0.3) is 0 Å². The van der Waals surface area contributed by atoms with Gasteiger partial charge in [-0.05, 0) is 35.2 Å². The van der Waals surface area contributed by atoms with Gasteiger partial charge >= 0.3 is 0 Å². The lowest BCUT2D eigenvalue weighted by molar-refractivity contribution is 0.354. The van der Waals surface area contributed by atoms with Crippen LogP contribution in [0.3, 0.4) is 0 Å². The monoisotopic (exact) mass is 269 g/mol. The Morgan fingerprint density at radius 3 is 2.45 bits per heavy atom. The molecule has 1 heterocycles. The average molecular weight is 269 g/mol. The Morgan fingerprint density at radius 1 is 1.05 bits per heavy atom. The van der Waals surface area contributed by atoms with Crippen LogP contribution in [0.15, 0.2) is 42.5 Å². The minimum Gasteiger partial charge on any atom is -0.493 e. The van der Waals surface area contributed by atoms with E-state index >= 15 is 0 Å². The summed E-state index contributed by atoms with van der Waals surface area (Å²) in [5.41, 5.74) is 3.95. The molecule has 1 aliphatic rings. The Labute approximate surface area is 119 Å². The number of benzene rings is 2. The summed E-state index contributed by atoms with van der Waals surface area (Å²) in [4.78, 5) is 0. The van der Waals surface area contributed by atoms with E-state index in [1.807, 2.05) is 6.07 Å². The summed E-state index contributed by atoms with van der Waals surface area (Å²) in [6.07, 6.45) is 0.989. The molecule has 1 aliphatic heterocycles. The molecule has 1 unspecified atom stereocenters. The Morgan fingerprint density at radius 2 is 1.75 bits per heavy atom. The van der Waals surface area contributed by atoms with Crippen LogP contribution in [0.2, 0.25) is 0 Å². The molecule has 0 aliphatic carbocycles. The largest absolute Gasteiger partial charge is 0.493 e. The first-order chi connectivity index (χ1) is 9.81. The molecule has 2 aromatic carbocycles. The van der Waals surface area contributed by atoms with Crippen LogP contribution in [0.5, 0.6) is 11.5 Å². The predicted molar refractivity (Wildman–Crippen MR) is 79.3 cm³/mol. The minimum atomic E-state index is 0.340. The zero-order valence-corrected chi connectivity index (χ0v) is 11.8. The van der Waals surface area contributed by atoms with E-state index in [4.69, 9.17) is 9.47 Å². The number of rotatable bonds is 4. The van der Waals surface area contributed by atoms with Crippen LogP contribution < -0.4 is 14.8 Å². The van der Waals surface area contributed by atoms with E-state index in [1.54, 1.807) is 14.2 Å². The molecule has 2 aromatic rings. The van der Waals surface area contributed by atoms with Gasteiger partial charge in [0.1, 0.15) is 0 Å². The maximum Gasteiger partial charge on any atom is 0.161 e. The summed E-state index contributed by atoms with van der Waals surface area (Å²) in [5, 5.41) is 3.56. The van der Waals surface area contributed by atoms with Gasteiger partial charge in [-0.3, -0.25) is 0 Å². The van der Waals surface area contributed by atoms with Gasteiger partial charge in [-0.1, -0.05) is 30.3 Å². The first kappa shape index (κ1) is 13.0. The molecular weight excluding hydrogens is 250 g/mol. The molecule has 0 aromatic heterocycles. The second kappa shape index (κ2) is 5.55. The molecule has 1 atom stereocenters. The van der Waals surface area contributed by atoms with Crippen molar-refractivity contribution < 1.29 is 9.47 Å². The van der Waals surface area contributed by atoms with Gasteiger partial charge in [-0.25, -0.2) is 0 Å². The third-order valence-electron chi connectivity index (χ3n) is 3.84. The second-order valence-corrected chi connectivity index (χ2v) is 5.03. The number of hydrogen-bond donors (Lipinski definition) is 1. The van der Waals surface area contributed by atoms with Gasteiger partial charge < -0.3 is 14.8 Å². The van der Waals surface area contributed by atoms with Crippen molar-refractivity contribution in [1.29, 1.82) is 0 Å². The van der Waals surface area contributed by atoms with Crippen LogP contribution in [0.1, 0.15) is 22.7 Å². The number of fused-ring (bicyclic) bond motifs is 1. The molecule has 0 amide bonds. The molecule has 0 radical (unpaired) electrons. The lowest BCUT2D eigenvalue weighted by Gasteiger charge is -2.14. The normalized spacial score (nSPS) is 16.8. The SMILES string of the molecule is COc1cc2c(cc1OC)C(Cc1ccccc1)NC2. The van der Waals surface area contributed by atoms with E-state index in [0.717, 1.165) is 24.5 Å². The van der Waals surface area contributed by atoms with Crippen molar-refractivity contribution in [2.45, 2.75) is 19.0 Å². The highest BCUT2D eigenvalue weighted by Crippen LogP contribution is 2.37. The van der Waals surface area contributed by atoms with Crippen LogP contribution >= 0.6 is 0 Å². The maximum atomic E-state index is 5.41. The molecule has 104 valence electrons. The molecule has 0 bridgehead atoms. The predicted octanol–water partition coefficient (Wildman–Crippen LogP) is 3.09. The quantitative estimate of drug-likeness (QED) is 0.925. The third kappa shape index (κ3) is 2.37. The Kier molecular flexibility index (Phi) is 3.61. The third-order valence-corrected chi connectivity index (χ3v) is 3.84. The van der Waals surface area contributed by atoms with Crippen molar-refractivity contribution in [3.8, 4) is 11.5 Å². The van der Waals surface area contributed by atoms with E-state index < -0.39 is 0 Å². The Balaban J connectivity index is 1.89. The molecule has 3 nitrogen and oxygen atoms in total. The summed E-state index contributed by atoms with van der Waals surface area (Å²) in [6, 6.07) is 15.1. The fraction of sp³-hybridized carbons (Fsp3) is 0.294. The summed E-state index contributed by atoms with van der Waals surface area (Å²) in [7, 11) is 3.35. The summed E-state index contributed by atoms with van der Waals surface area (Å²) >= 11 is 0. The Bertz CT molecular complexity index is 595. The molecule has 3 rings (SSSR count). The number of nitrogens with one attached hydrogen (secondary N) is 1. The van der Waals surface area contributed by atoms with Crippen molar-refractivity contribution in [3.05, 3.63) is 59.2 Å². The van der Waals surface area contributed by atoms with Crippen molar-refractivity contribution in [3.63, 3.8) is 0 Å². The highest BCUT2D eigenvalue weighted by Gasteiger charge is 2.24. The first-order valence-corrected chi connectivity index (χ1v) is 6.84. The highest BCUT2D eigenvalue weighted by atomic mass is 16.5. The van der Waals surface area contributed by atoms with Gasteiger partial charge in [0, 0.05) is 12.6 Å². The molecule has 0 saturated heterocycles. The van der Waals surface area contributed by atoms with Crippen molar-refractivity contribution in [1.82, 2.24) is 5.32 Å². The summed E-state index contributed by atoms with van der Waals surface area (Å²) in [6.45, 7) is 0.882. The van der Waals surface area contributed by atoms with E-state index in [0.29, 0.717) is 6.04 Å². The topological polar surface area (TPSA) is 30.5 Å². The fourth-order valence-corrected chi connectivity index (χ4v) is 2.79. The van der Waals surface area contributed by atoms with Crippen LogP contribution in [-0.4, -0.2) is 14.2 Å². The Hall–Kier alpha value is -2.00. The minimum absolute atomic E-state index is 0.340. The van der Waals surface area contributed by atoms with Crippen molar-refractivity contribution in [2.24, 2.45) is 0 Å². The first-order valence-electron chi connectivity index (χ1n) is 6.84. The van der Waals surface area contributed by atoms with E-state index in [-0.39, 0.29) is 0 Å². The summed E-state index contributed by atoms with van der Waals surface area (Å²) < 4.78 is 10.8. The number of ether oxygens (including phenoxy) is 2. The highest BCUT2D eigenvalue weighted by molar-refractivity contribution is 5.50. The van der Waals surface area contributed by atoms with Crippen molar-refractivity contribution in [2.75, 3.05) is 14.2 Å². The molecule has 20 heavy (non-hydrogen) atoms. The van der Waals surface area contributed by atoms with Crippen LogP contribution in [0, 0.1) is 0 Å². The van der Waals surface area contributed by atoms with Crippen molar-refractivity contribution >= 4 is 0 Å². The van der Waals surface area contributed by atoms with Crippen LogP contribution in [0.25, 0.3) is 0 Å². The van der Waals surface area contributed by atoms with Gasteiger partial charge in [0.15, 0.2) is 11.5 Å². The molecular formula is C17H19NO2.